The Bertz CT molecular complexity index is 534. The van der Waals surface area contributed by atoms with E-state index in [0.717, 1.165) is 0 Å². The van der Waals surface area contributed by atoms with E-state index in [-0.39, 0.29) is 5.57 Å². The Balaban J connectivity index is 2.70. The molecule has 98 valence electrons. The summed E-state index contributed by atoms with van der Waals surface area (Å²) in [5.41, 5.74) is 0.381. The number of rotatable bonds is 5. The third kappa shape index (κ3) is 4.47. The fraction of sp³-hybridized carbons (Fsp3) is 0.167. The van der Waals surface area contributed by atoms with E-state index in [9.17, 15) is 9.59 Å². The Morgan fingerprint density at radius 1 is 1.58 bits per heavy atom. The van der Waals surface area contributed by atoms with Gasteiger partial charge in [-0.3, -0.25) is 14.6 Å². The number of hydrogen-bond donors (Lipinski definition) is 3. The van der Waals surface area contributed by atoms with Gasteiger partial charge in [0, 0.05) is 12.4 Å². The number of nitrogens with one attached hydrogen (secondary N) is 2. The summed E-state index contributed by atoms with van der Waals surface area (Å²) in [4.78, 5) is 26.0. The minimum absolute atomic E-state index is 0.225. The van der Waals surface area contributed by atoms with Crippen molar-refractivity contribution in [1.29, 1.82) is 5.26 Å². The number of carboxylic acids is 1. The van der Waals surface area contributed by atoms with Crippen LogP contribution >= 0.6 is 0 Å². The Morgan fingerprint density at radius 2 is 2.32 bits per heavy atom. The molecule has 7 heteroatoms. The van der Waals surface area contributed by atoms with Crippen molar-refractivity contribution in [2.45, 2.75) is 13.0 Å². The highest BCUT2D eigenvalue weighted by Gasteiger charge is 2.16. The van der Waals surface area contributed by atoms with Crippen LogP contribution in [-0.2, 0) is 9.59 Å². The van der Waals surface area contributed by atoms with Crippen LogP contribution in [0.25, 0.3) is 0 Å². The molecule has 0 bridgehead atoms. The van der Waals surface area contributed by atoms with E-state index in [1.165, 1.54) is 19.3 Å². The summed E-state index contributed by atoms with van der Waals surface area (Å²) in [6, 6.07) is 4.02. The molecule has 0 fully saturated rings. The number of nitriles is 1. The number of aromatic nitrogens is 1. The highest BCUT2D eigenvalue weighted by atomic mass is 16.4. The highest BCUT2D eigenvalue weighted by molar-refractivity contribution is 5.99. The van der Waals surface area contributed by atoms with Crippen molar-refractivity contribution in [1.82, 2.24) is 10.3 Å². The molecule has 0 spiro atoms. The first-order valence-electron chi connectivity index (χ1n) is 5.35. The zero-order valence-corrected chi connectivity index (χ0v) is 10.1. The standard InChI is InChI=1S/C12H12N4O3/c1-8(12(18)19)16-11(17)9(5-13)6-15-10-3-2-4-14-7-10/h2-4,6-8,15H,1H3,(H,16,17)(H,18,19)/b9-6-. The quantitative estimate of drug-likeness (QED) is 0.524. The molecule has 1 heterocycles. The van der Waals surface area contributed by atoms with Crippen LogP contribution in [0.3, 0.4) is 0 Å². The lowest BCUT2D eigenvalue weighted by Gasteiger charge is -2.08. The van der Waals surface area contributed by atoms with Gasteiger partial charge in [-0.2, -0.15) is 5.26 Å². The van der Waals surface area contributed by atoms with Crippen LogP contribution in [0.2, 0.25) is 0 Å². The average Bonchev–Trinajstić information content (AvgIpc) is 2.40. The van der Waals surface area contributed by atoms with Crippen molar-refractivity contribution < 1.29 is 14.7 Å². The molecule has 1 atom stereocenters. The number of carbonyl (C=O) groups is 2. The summed E-state index contributed by atoms with van der Waals surface area (Å²) in [6.45, 7) is 1.31. The Morgan fingerprint density at radius 3 is 2.84 bits per heavy atom. The molecule has 1 amide bonds. The normalized spacial score (nSPS) is 12.1. The maximum atomic E-state index is 11.6. The molecule has 1 unspecified atom stereocenters. The molecule has 0 saturated carbocycles. The number of pyridine rings is 1. The zero-order chi connectivity index (χ0) is 14.3. The molecule has 0 aliphatic heterocycles. The van der Waals surface area contributed by atoms with Crippen molar-refractivity contribution in [3.63, 3.8) is 0 Å². The van der Waals surface area contributed by atoms with Gasteiger partial charge in [0.15, 0.2) is 0 Å². The number of nitrogens with zero attached hydrogens (tertiary/aromatic N) is 2. The summed E-state index contributed by atoms with van der Waals surface area (Å²) in [5.74, 6) is -1.93. The summed E-state index contributed by atoms with van der Waals surface area (Å²) < 4.78 is 0. The summed E-state index contributed by atoms with van der Waals surface area (Å²) >= 11 is 0. The maximum Gasteiger partial charge on any atom is 0.325 e. The molecule has 0 aliphatic carbocycles. The monoisotopic (exact) mass is 260 g/mol. The van der Waals surface area contributed by atoms with E-state index >= 15 is 0 Å². The molecule has 0 saturated heterocycles. The fourth-order valence-electron chi connectivity index (χ4n) is 1.09. The van der Waals surface area contributed by atoms with Gasteiger partial charge in [-0.05, 0) is 19.1 Å². The number of carbonyl (C=O) groups excluding carboxylic acids is 1. The minimum Gasteiger partial charge on any atom is -0.480 e. The number of hydrogen-bond acceptors (Lipinski definition) is 5. The van der Waals surface area contributed by atoms with E-state index in [1.54, 1.807) is 24.4 Å². The molecule has 7 nitrogen and oxygen atoms in total. The molecule has 1 aromatic rings. The van der Waals surface area contributed by atoms with Gasteiger partial charge in [0.1, 0.15) is 17.7 Å². The molecule has 3 N–H and O–H groups in total. The molecule has 19 heavy (non-hydrogen) atoms. The summed E-state index contributed by atoms with van der Waals surface area (Å²) in [5, 5.41) is 22.4. The second kappa shape index (κ2) is 6.76. The van der Waals surface area contributed by atoms with Gasteiger partial charge in [-0.15, -0.1) is 0 Å². The van der Waals surface area contributed by atoms with Crippen molar-refractivity contribution in [3.05, 3.63) is 36.3 Å². The lowest BCUT2D eigenvalue weighted by molar-refractivity contribution is -0.140. The molecule has 0 aromatic carbocycles. The molecule has 1 rings (SSSR count). The van der Waals surface area contributed by atoms with Gasteiger partial charge in [0.2, 0.25) is 0 Å². The lowest BCUT2D eigenvalue weighted by Crippen LogP contribution is -2.39. The van der Waals surface area contributed by atoms with Gasteiger partial charge in [0.25, 0.3) is 5.91 Å². The zero-order valence-electron chi connectivity index (χ0n) is 10.1. The Hall–Kier alpha value is -2.88. The maximum absolute atomic E-state index is 11.6. The van der Waals surface area contributed by atoms with E-state index in [1.807, 2.05) is 0 Å². The lowest BCUT2D eigenvalue weighted by atomic mass is 10.2. The van der Waals surface area contributed by atoms with Gasteiger partial charge >= 0.3 is 5.97 Å². The van der Waals surface area contributed by atoms with E-state index in [4.69, 9.17) is 10.4 Å². The van der Waals surface area contributed by atoms with Gasteiger partial charge < -0.3 is 15.7 Å². The van der Waals surface area contributed by atoms with Crippen LogP contribution < -0.4 is 10.6 Å². The molecule has 0 radical (unpaired) electrons. The Kier molecular flexibility index (Phi) is 5.04. The van der Waals surface area contributed by atoms with Crippen molar-refractivity contribution in [3.8, 4) is 6.07 Å². The van der Waals surface area contributed by atoms with Crippen LogP contribution in [0.4, 0.5) is 5.69 Å². The second-order valence-electron chi connectivity index (χ2n) is 3.59. The predicted molar refractivity (Wildman–Crippen MR) is 66.8 cm³/mol. The van der Waals surface area contributed by atoms with Gasteiger partial charge in [-0.1, -0.05) is 0 Å². The molecule has 1 aromatic heterocycles. The first kappa shape index (κ1) is 14.2. The van der Waals surface area contributed by atoms with Crippen molar-refractivity contribution >= 4 is 17.6 Å². The summed E-state index contributed by atoms with van der Waals surface area (Å²) in [6.07, 6.45) is 4.30. The predicted octanol–water partition coefficient (Wildman–Crippen LogP) is 0.490. The van der Waals surface area contributed by atoms with Crippen LogP contribution in [0, 0.1) is 11.3 Å². The first-order valence-corrected chi connectivity index (χ1v) is 5.35. The topological polar surface area (TPSA) is 115 Å². The van der Waals surface area contributed by atoms with Crippen LogP contribution in [0.5, 0.6) is 0 Å². The highest BCUT2D eigenvalue weighted by Crippen LogP contribution is 2.04. The largest absolute Gasteiger partial charge is 0.480 e. The first-order chi connectivity index (χ1) is 9.04. The number of carboxylic acid groups (broad SMARTS) is 1. The molecular weight excluding hydrogens is 248 g/mol. The van der Waals surface area contributed by atoms with Crippen LogP contribution in [-0.4, -0.2) is 28.0 Å². The third-order valence-corrected chi connectivity index (χ3v) is 2.13. The van der Waals surface area contributed by atoms with Crippen molar-refractivity contribution in [2.24, 2.45) is 0 Å². The van der Waals surface area contributed by atoms with Crippen LogP contribution in [0.15, 0.2) is 36.3 Å². The number of aliphatic carboxylic acids is 1. The number of amides is 1. The smallest absolute Gasteiger partial charge is 0.325 e. The van der Waals surface area contributed by atoms with E-state index < -0.39 is 17.9 Å². The van der Waals surface area contributed by atoms with E-state index in [2.05, 4.69) is 15.6 Å². The minimum atomic E-state index is -1.18. The van der Waals surface area contributed by atoms with Crippen molar-refractivity contribution in [2.75, 3.05) is 5.32 Å². The van der Waals surface area contributed by atoms with Crippen LogP contribution in [0.1, 0.15) is 6.92 Å². The van der Waals surface area contributed by atoms with Gasteiger partial charge in [-0.25, -0.2) is 0 Å². The van der Waals surface area contributed by atoms with Gasteiger partial charge in [0.05, 0.1) is 11.9 Å². The van der Waals surface area contributed by atoms with E-state index in [0.29, 0.717) is 5.69 Å². The fourth-order valence-corrected chi connectivity index (χ4v) is 1.09. The average molecular weight is 260 g/mol. The molecule has 0 aliphatic rings. The Labute approximate surface area is 109 Å². The summed E-state index contributed by atoms with van der Waals surface area (Å²) in [7, 11) is 0. The molecular formula is C12H12N4O3. The number of anilines is 1. The second-order valence-corrected chi connectivity index (χ2v) is 3.59. The third-order valence-electron chi connectivity index (χ3n) is 2.13. The SMILES string of the molecule is CC(NC(=O)/C(C#N)=C\Nc1cccnc1)C(=O)O.